The van der Waals surface area contributed by atoms with Gasteiger partial charge in [0.2, 0.25) is 0 Å². The molecule has 0 unspecified atom stereocenters. The lowest BCUT2D eigenvalue weighted by molar-refractivity contribution is 0.102. The summed E-state index contributed by atoms with van der Waals surface area (Å²) in [6, 6.07) is 13.8. The fourth-order valence-electron chi connectivity index (χ4n) is 3.36. The van der Waals surface area contributed by atoms with Gasteiger partial charge < -0.3 is 4.74 Å². The first-order valence-corrected chi connectivity index (χ1v) is 9.64. The minimum absolute atomic E-state index is 0.112. The van der Waals surface area contributed by atoms with Crippen LogP contribution in [-0.4, -0.2) is 18.0 Å². The molecule has 1 heterocycles. The Morgan fingerprint density at radius 3 is 2.77 bits per heavy atom. The van der Waals surface area contributed by atoms with Crippen LogP contribution in [0.3, 0.4) is 0 Å². The number of fused-ring (bicyclic) bond motifs is 1. The molecule has 1 aromatic heterocycles. The van der Waals surface area contributed by atoms with Crippen LogP contribution in [0.1, 0.15) is 34.3 Å². The summed E-state index contributed by atoms with van der Waals surface area (Å²) in [6.45, 7) is 0. The Hall–Kier alpha value is -2.66. The first-order valence-electron chi connectivity index (χ1n) is 8.76. The number of aryl methyl sites for hydroxylation is 2. The number of para-hydroxylation sites is 1. The van der Waals surface area contributed by atoms with Crippen molar-refractivity contribution in [3.63, 3.8) is 0 Å². The average molecular weight is 364 g/mol. The first kappa shape index (κ1) is 16.8. The van der Waals surface area contributed by atoms with Gasteiger partial charge in [0.1, 0.15) is 5.75 Å². The van der Waals surface area contributed by atoms with E-state index >= 15 is 0 Å². The van der Waals surface area contributed by atoms with Gasteiger partial charge in [-0.25, -0.2) is 4.98 Å². The fraction of sp³-hybridized carbons (Fsp3) is 0.238. The van der Waals surface area contributed by atoms with E-state index in [0.29, 0.717) is 10.7 Å². The number of thiazole rings is 1. The molecule has 0 saturated carbocycles. The van der Waals surface area contributed by atoms with Crippen molar-refractivity contribution >= 4 is 22.4 Å². The van der Waals surface area contributed by atoms with Crippen molar-refractivity contribution in [2.45, 2.75) is 25.7 Å². The number of hydrogen-bond acceptors (Lipinski definition) is 4. The predicted molar refractivity (Wildman–Crippen MR) is 105 cm³/mol. The molecule has 0 bridgehead atoms. The molecule has 4 nitrogen and oxygen atoms in total. The summed E-state index contributed by atoms with van der Waals surface area (Å²) >= 11 is 1.42. The Morgan fingerprint density at radius 2 is 1.92 bits per heavy atom. The third-order valence-electron chi connectivity index (χ3n) is 4.72. The monoisotopic (exact) mass is 364 g/mol. The summed E-state index contributed by atoms with van der Waals surface area (Å²) in [5, 5.41) is 5.44. The lowest BCUT2D eigenvalue weighted by atomic mass is 9.90. The highest BCUT2D eigenvalue weighted by Crippen LogP contribution is 2.32. The zero-order valence-corrected chi connectivity index (χ0v) is 15.4. The van der Waals surface area contributed by atoms with Gasteiger partial charge in [0.25, 0.3) is 5.91 Å². The lowest BCUT2D eigenvalue weighted by Crippen LogP contribution is -2.13. The molecule has 132 valence electrons. The van der Waals surface area contributed by atoms with Crippen LogP contribution in [0.4, 0.5) is 5.13 Å². The van der Waals surface area contributed by atoms with E-state index in [4.69, 9.17) is 4.74 Å². The van der Waals surface area contributed by atoms with Crippen LogP contribution in [0.5, 0.6) is 5.75 Å². The van der Waals surface area contributed by atoms with Gasteiger partial charge in [0.15, 0.2) is 5.13 Å². The zero-order valence-electron chi connectivity index (χ0n) is 14.6. The number of nitrogens with zero attached hydrogens (tertiary/aromatic N) is 1. The number of benzene rings is 2. The quantitative estimate of drug-likeness (QED) is 0.713. The van der Waals surface area contributed by atoms with Crippen molar-refractivity contribution in [3.05, 3.63) is 64.5 Å². The zero-order chi connectivity index (χ0) is 17.9. The number of methoxy groups -OCH3 is 1. The molecule has 1 aliphatic rings. The van der Waals surface area contributed by atoms with Crippen LogP contribution in [-0.2, 0) is 12.8 Å². The van der Waals surface area contributed by atoms with Gasteiger partial charge in [-0.15, -0.1) is 11.3 Å². The Balaban J connectivity index is 1.53. The molecule has 0 fully saturated rings. The van der Waals surface area contributed by atoms with E-state index in [1.807, 2.05) is 41.8 Å². The molecule has 0 aliphatic heterocycles. The molecule has 5 heteroatoms. The highest BCUT2D eigenvalue weighted by molar-refractivity contribution is 7.14. The maximum absolute atomic E-state index is 12.6. The van der Waals surface area contributed by atoms with Gasteiger partial charge >= 0.3 is 0 Å². The van der Waals surface area contributed by atoms with Gasteiger partial charge in [-0.3, -0.25) is 10.1 Å². The number of carbonyl (C=O) groups excluding carboxylic acids is 1. The van der Waals surface area contributed by atoms with Gasteiger partial charge in [0.05, 0.1) is 12.8 Å². The van der Waals surface area contributed by atoms with E-state index in [1.165, 1.54) is 35.3 Å². The standard InChI is InChI=1S/C21H20N2O2S/c1-25-19-9-5-4-8-17(19)18-13-26-21(22-18)23-20(24)16-11-10-14-6-2-3-7-15(14)12-16/h4-5,8-13H,2-3,6-7H2,1H3,(H,22,23,24). The number of aromatic nitrogens is 1. The average Bonchev–Trinajstić information content (AvgIpc) is 3.15. The Kier molecular flexibility index (Phi) is 4.71. The second-order valence-corrected chi connectivity index (χ2v) is 7.24. The topological polar surface area (TPSA) is 51.2 Å². The third kappa shape index (κ3) is 3.35. The molecule has 4 rings (SSSR count). The van der Waals surface area contributed by atoms with Crippen molar-refractivity contribution in [1.29, 1.82) is 0 Å². The summed E-state index contributed by atoms with van der Waals surface area (Å²) < 4.78 is 5.39. The van der Waals surface area contributed by atoms with E-state index in [2.05, 4.69) is 16.4 Å². The Bertz CT molecular complexity index is 949. The van der Waals surface area contributed by atoms with Crippen molar-refractivity contribution in [3.8, 4) is 17.0 Å². The molecule has 1 aliphatic carbocycles. The summed E-state index contributed by atoms with van der Waals surface area (Å²) in [6.07, 6.45) is 4.62. The number of carbonyl (C=O) groups is 1. The summed E-state index contributed by atoms with van der Waals surface area (Å²) in [5.74, 6) is 0.657. The second kappa shape index (κ2) is 7.30. The molecular weight excluding hydrogens is 344 g/mol. The molecule has 0 saturated heterocycles. The van der Waals surface area contributed by atoms with Crippen LogP contribution in [0.25, 0.3) is 11.3 Å². The third-order valence-corrected chi connectivity index (χ3v) is 5.48. The van der Waals surface area contributed by atoms with Crippen molar-refractivity contribution in [2.24, 2.45) is 0 Å². The van der Waals surface area contributed by atoms with Crippen LogP contribution < -0.4 is 10.1 Å². The Morgan fingerprint density at radius 1 is 1.12 bits per heavy atom. The minimum atomic E-state index is -0.112. The Labute approximate surface area is 156 Å². The van der Waals surface area contributed by atoms with Crippen LogP contribution in [0.15, 0.2) is 47.8 Å². The molecule has 0 radical (unpaired) electrons. The van der Waals surface area contributed by atoms with Crippen molar-refractivity contribution in [2.75, 3.05) is 12.4 Å². The normalized spacial score (nSPS) is 13.1. The van der Waals surface area contributed by atoms with E-state index in [-0.39, 0.29) is 5.91 Å². The summed E-state index contributed by atoms with van der Waals surface area (Å²) in [5.41, 5.74) is 5.09. The highest BCUT2D eigenvalue weighted by atomic mass is 32.1. The largest absolute Gasteiger partial charge is 0.496 e. The molecule has 0 atom stereocenters. The van der Waals surface area contributed by atoms with Gasteiger partial charge in [-0.2, -0.15) is 0 Å². The molecule has 26 heavy (non-hydrogen) atoms. The van der Waals surface area contributed by atoms with Gasteiger partial charge in [0, 0.05) is 16.5 Å². The summed E-state index contributed by atoms with van der Waals surface area (Å²) in [4.78, 5) is 17.1. The lowest BCUT2D eigenvalue weighted by Gasteiger charge is -2.16. The minimum Gasteiger partial charge on any atom is -0.496 e. The number of anilines is 1. The van der Waals surface area contributed by atoms with E-state index in [1.54, 1.807) is 7.11 Å². The number of amides is 1. The van der Waals surface area contributed by atoms with Crippen LogP contribution in [0.2, 0.25) is 0 Å². The smallest absolute Gasteiger partial charge is 0.257 e. The molecule has 0 spiro atoms. The molecule has 3 aromatic rings. The van der Waals surface area contributed by atoms with E-state index in [9.17, 15) is 4.79 Å². The van der Waals surface area contributed by atoms with Crippen LogP contribution in [0, 0.1) is 0 Å². The predicted octanol–water partition coefficient (Wildman–Crippen LogP) is 4.95. The number of ether oxygens (including phenoxy) is 1. The molecule has 1 amide bonds. The van der Waals surface area contributed by atoms with Crippen LogP contribution >= 0.6 is 11.3 Å². The second-order valence-electron chi connectivity index (χ2n) is 6.38. The highest BCUT2D eigenvalue weighted by Gasteiger charge is 2.15. The summed E-state index contributed by atoms with van der Waals surface area (Å²) in [7, 11) is 1.64. The molecule has 1 N–H and O–H groups in total. The van der Waals surface area contributed by atoms with E-state index < -0.39 is 0 Å². The fourth-order valence-corrected chi connectivity index (χ4v) is 4.06. The maximum Gasteiger partial charge on any atom is 0.257 e. The van der Waals surface area contributed by atoms with Crippen molar-refractivity contribution in [1.82, 2.24) is 4.98 Å². The molecular formula is C21H20N2O2S. The SMILES string of the molecule is COc1ccccc1-c1csc(NC(=O)c2ccc3c(c2)CCCC3)n1. The van der Waals surface area contributed by atoms with Gasteiger partial charge in [-0.05, 0) is 61.1 Å². The maximum atomic E-state index is 12.6. The van der Waals surface area contributed by atoms with E-state index in [0.717, 1.165) is 29.8 Å². The number of rotatable bonds is 4. The number of nitrogens with one attached hydrogen (secondary N) is 1. The first-order chi connectivity index (χ1) is 12.7. The van der Waals surface area contributed by atoms with Crippen molar-refractivity contribution < 1.29 is 9.53 Å². The van der Waals surface area contributed by atoms with Gasteiger partial charge in [-0.1, -0.05) is 18.2 Å². The molecule has 2 aromatic carbocycles. The number of hydrogen-bond donors (Lipinski definition) is 1.